The second kappa shape index (κ2) is 8.90. The van der Waals surface area contributed by atoms with Crippen molar-refractivity contribution in [3.8, 4) is 5.75 Å². The first-order valence-corrected chi connectivity index (χ1v) is 9.20. The van der Waals surface area contributed by atoms with Gasteiger partial charge in [-0.15, -0.1) is 23.7 Å². The van der Waals surface area contributed by atoms with E-state index >= 15 is 0 Å². The number of piperazine rings is 1. The number of methoxy groups -OCH3 is 1. The zero-order valence-corrected chi connectivity index (χ0v) is 16.6. The van der Waals surface area contributed by atoms with Crippen molar-refractivity contribution in [1.29, 1.82) is 0 Å². The quantitative estimate of drug-likeness (QED) is 0.839. The lowest BCUT2D eigenvalue weighted by Crippen LogP contribution is -2.49. The second-order valence-electron chi connectivity index (χ2n) is 5.86. The molecule has 2 atom stereocenters. The number of hydrogen-bond donors (Lipinski definition) is 1. The van der Waals surface area contributed by atoms with Crippen LogP contribution in [0.3, 0.4) is 0 Å². The fourth-order valence-corrected chi connectivity index (χ4v) is 4.22. The lowest BCUT2D eigenvalue weighted by molar-refractivity contribution is -0.135. The Morgan fingerprint density at radius 1 is 1.36 bits per heavy atom. The molecule has 1 aromatic carbocycles. The number of carbonyl (C=O) groups is 1. The minimum Gasteiger partial charge on any atom is -0.496 e. The summed E-state index contributed by atoms with van der Waals surface area (Å²) >= 11 is 7.50. The topological polar surface area (TPSA) is 41.6 Å². The maximum absolute atomic E-state index is 13.1. The van der Waals surface area contributed by atoms with Crippen molar-refractivity contribution in [3.05, 3.63) is 51.2 Å². The van der Waals surface area contributed by atoms with Crippen molar-refractivity contribution in [3.63, 3.8) is 0 Å². The first-order valence-electron chi connectivity index (χ1n) is 8.01. The molecule has 1 aliphatic heterocycles. The van der Waals surface area contributed by atoms with Gasteiger partial charge in [-0.05, 0) is 25.1 Å². The Kier molecular flexibility index (Phi) is 7.14. The molecule has 1 fully saturated rings. The Morgan fingerprint density at radius 3 is 2.80 bits per heavy atom. The van der Waals surface area contributed by atoms with Crippen LogP contribution in [0.4, 0.5) is 0 Å². The monoisotopic (exact) mass is 400 g/mol. The molecule has 4 nitrogen and oxygen atoms in total. The van der Waals surface area contributed by atoms with E-state index in [1.54, 1.807) is 7.11 Å². The summed E-state index contributed by atoms with van der Waals surface area (Å²) < 4.78 is 6.21. The second-order valence-corrected chi connectivity index (χ2v) is 7.60. The molecule has 1 aliphatic rings. The molecule has 2 unspecified atom stereocenters. The van der Waals surface area contributed by atoms with Gasteiger partial charge >= 0.3 is 0 Å². The lowest BCUT2D eigenvalue weighted by atomic mass is 9.99. The normalized spacial score (nSPS) is 18.4. The van der Waals surface area contributed by atoms with E-state index in [1.807, 2.05) is 48.2 Å². The summed E-state index contributed by atoms with van der Waals surface area (Å²) in [7, 11) is 1.66. The van der Waals surface area contributed by atoms with Crippen LogP contribution in [-0.4, -0.2) is 37.6 Å². The number of nitrogens with one attached hydrogen (secondary N) is 1. The van der Waals surface area contributed by atoms with E-state index in [0.717, 1.165) is 29.3 Å². The summed E-state index contributed by atoms with van der Waals surface area (Å²) in [4.78, 5) is 16.1. The molecule has 1 amide bonds. The summed E-state index contributed by atoms with van der Waals surface area (Å²) in [5.41, 5.74) is 1.04. The Bertz CT molecular complexity index is 723. The van der Waals surface area contributed by atoms with Gasteiger partial charge in [0, 0.05) is 30.1 Å². The highest BCUT2D eigenvalue weighted by Gasteiger charge is 2.33. The van der Waals surface area contributed by atoms with Crippen LogP contribution in [0.5, 0.6) is 5.75 Å². The van der Waals surface area contributed by atoms with E-state index in [0.29, 0.717) is 10.9 Å². The molecule has 0 saturated carbocycles. The number of carbonyl (C=O) groups excluding carboxylic acids is 1. The summed E-state index contributed by atoms with van der Waals surface area (Å²) in [5.74, 6) is 0.750. The molecule has 2 heterocycles. The molecule has 3 rings (SSSR count). The number of ether oxygens (including phenoxy) is 1. The summed E-state index contributed by atoms with van der Waals surface area (Å²) in [6.07, 6.45) is 0. The molecule has 0 bridgehead atoms. The first-order chi connectivity index (χ1) is 11.6. The number of halogens is 2. The number of hydrogen-bond acceptors (Lipinski definition) is 4. The molecule has 25 heavy (non-hydrogen) atoms. The maximum Gasteiger partial charge on any atom is 0.231 e. The van der Waals surface area contributed by atoms with E-state index in [4.69, 9.17) is 16.3 Å². The Morgan fingerprint density at radius 2 is 2.12 bits per heavy atom. The number of nitrogens with zero attached hydrogens (tertiary/aromatic N) is 1. The fraction of sp³-hybridized carbons (Fsp3) is 0.389. The van der Waals surface area contributed by atoms with Crippen molar-refractivity contribution in [2.24, 2.45) is 0 Å². The first kappa shape index (κ1) is 20.0. The van der Waals surface area contributed by atoms with Gasteiger partial charge in [-0.2, -0.15) is 0 Å². The number of para-hydroxylation sites is 1. The Labute approximate surface area is 163 Å². The molecular formula is C18H22Cl2N2O2S. The van der Waals surface area contributed by atoms with Crippen LogP contribution in [-0.2, 0) is 4.79 Å². The number of rotatable bonds is 4. The molecule has 136 valence electrons. The van der Waals surface area contributed by atoms with Crippen molar-refractivity contribution in [1.82, 2.24) is 10.2 Å². The molecular weight excluding hydrogens is 379 g/mol. The molecule has 7 heteroatoms. The van der Waals surface area contributed by atoms with Crippen molar-refractivity contribution in [2.45, 2.75) is 18.9 Å². The molecule has 1 aromatic heterocycles. The molecule has 0 aliphatic carbocycles. The zero-order valence-electron chi connectivity index (χ0n) is 14.2. The van der Waals surface area contributed by atoms with Crippen LogP contribution in [0.2, 0.25) is 4.34 Å². The van der Waals surface area contributed by atoms with Gasteiger partial charge in [0.2, 0.25) is 5.91 Å². The number of thiophene rings is 1. The molecule has 1 saturated heterocycles. The SMILES string of the molecule is COc1ccccc1C1CNCCN1C(=O)C(C)c1ccc(Cl)s1.Cl. The largest absolute Gasteiger partial charge is 0.496 e. The lowest BCUT2D eigenvalue weighted by Gasteiger charge is -2.38. The fourth-order valence-electron chi connectivity index (χ4n) is 3.12. The molecule has 2 aromatic rings. The highest BCUT2D eigenvalue weighted by Crippen LogP contribution is 2.34. The summed E-state index contributed by atoms with van der Waals surface area (Å²) in [6, 6.07) is 11.7. The van der Waals surface area contributed by atoms with Gasteiger partial charge in [0.1, 0.15) is 5.75 Å². The number of amides is 1. The van der Waals surface area contributed by atoms with Crippen LogP contribution >= 0.6 is 35.3 Å². The van der Waals surface area contributed by atoms with Crippen LogP contribution in [0.1, 0.15) is 29.3 Å². The standard InChI is InChI=1S/C18H21ClN2O2S.ClH/c1-12(16-7-8-17(19)24-16)18(22)21-10-9-20-11-14(21)13-5-3-4-6-15(13)23-2;/h3-8,12,14,20H,9-11H2,1-2H3;1H. The summed E-state index contributed by atoms with van der Waals surface area (Å²) in [6.45, 7) is 4.16. The minimum atomic E-state index is -0.196. The van der Waals surface area contributed by atoms with Crippen molar-refractivity contribution < 1.29 is 9.53 Å². The van der Waals surface area contributed by atoms with Gasteiger partial charge in [-0.25, -0.2) is 0 Å². The van der Waals surface area contributed by atoms with E-state index in [2.05, 4.69) is 5.32 Å². The van der Waals surface area contributed by atoms with E-state index in [9.17, 15) is 4.79 Å². The van der Waals surface area contributed by atoms with Crippen molar-refractivity contribution in [2.75, 3.05) is 26.7 Å². The highest BCUT2D eigenvalue weighted by atomic mass is 35.5. The van der Waals surface area contributed by atoms with E-state index < -0.39 is 0 Å². The van der Waals surface area contributed by atoms with E-state index in [-0.39, 0.29) is 30.3 Å². The van der Waals surface area contributed by atoms with Gasteiger partial charge in [-0.1, -0.05) is 29.8 Å². The average Bonchev–Trinajstić information content (AvgIpc) is 3.06. The Hall–Kier alpha value is -1.27. The van der Waals surface area contributed by atoms with Gasteiger partial charge in [0.15, 0.2) is 0 Å². The number of benzene rings is 1. The third kappa shape index (κ3) is 4.29. The average molecular weight is 401 g/mol. The Balaban J connectivity index is 0.00000225. The van der Waals surface area contributed by atoms with Gasteiger partial charge in [0.05, 0.1) is 23.4 Å². The molecule has 0 spiro atoms. The zero-order chi connectivity index (χ0) is 17.1. The van der Waals surface area contributed by atoms with Crippen LogP contribution in [0.15, 0.2) is 36.4 Å². The predicted molar refractivity (Wildman–Crippen MR) is 105 cm³/mol. The highest BCUT2D eigenvalue weighted by molar-refractivity contribution is 7.16. The smallest absolute Gasteiger partial charge is 0.231 e. The van der Waals surface area contributed by atoms with E-state index in [1.165, 1.54) is 11.3 Å². The summed E-state index contributed by atoms with van der Waals surface area (Å²) in [5, 5.41) is 3.38. The van der Waals surface area contributed by atoms with Crippen LogP contribution in [0, 0.1) is 0 Å². The van der Waals surface area contributed by atoms with Gasteiger partial charge in [-0.3, -0.25) is 4.79 Å². The van der Waals surface area contributed by atoms with Gasteiger partial charge < -0.3 is 15.0 Å². The third-order valence-corrected chi connectivity index (χ3v) is 5.83. The maximum atomic E-state index is 13.1. The molecule has 0 radical (unpaired) electrons. The van der Waals surface area contributed by atoms with Gasteiger partial charge in [0.25, 0.3) is 0 Å². The third-order valence-electron chi connectivity index (χ3n) is 4.42. The van der Waals surface area contributed by atoms with Crippen LogP contribution < -0.4 is 10.1 Å². The van der Waals surface area contributed by atoms with Crippen molar-refractivity contribution >= 4 is 41.3 Å². The van der Waals surface area contributed by atoms with Crippen LogP contribution in [0.25, 0.3) is 0 Å². The predicted octanol–water partition coefficient (Wildman–Crippen LogP) is 4.11. The molecule has 1 N–H and O–H groups in total. The minimum absolute atomic E-state index is 0.